The summed E-state index contributed by atoms with van der Waals surface area (Å²) in [5, 5.41) is 22.6. The van der Waals surface area contributed by atoms with Crippen molar-refractivity contribution in [2.45, 2.75) is 40.1 Å². The molecule has 0 saturated heterocycles. The molecule has 0 amide bonds. The first-order valence-electron chi connectivity index (χ1n) is 13.5. The fourth-order valence-corrected chi connectivity index (χ4v) is 3.78. The monoisotopic (exact) mass is 566 g/mol. The van der Waals surface area contributed by atoms with E-state index in [2.05, 4.69) is 13.8 Å². The van der Waals surface area contributed by atoms with Crippen LogP contribution in [-0.4, -0.2) is 17.5 Å². The van der Waals surface area contributed by atoms with Gasteiger partial charge < -0.3 is 31.4 Å². The van der Waals surface area contributed by atoms with Crippen LogP contribution in [0.5, 0.6) is 17.2 Å². The van der Waals surface area contributed by atoms with Crippen LogP contribution in [0, 0.1) is 16.2 Å². The summed E-state index contributed by atoms with van der Waals surface area (Å²) in [6.45, 7) is 5.21. The Morgan fingerprint density at radius 1 is 0.476 bits per heavy atom. The largest absolute Gasteiger partial charge is 0.489 e. The lowest BCUT2D eigenvalue weighted by Crippen LogP contribution is -2.10. The lowest BCUT2D eigenvalue weighted by Gasteiger charge is -2.14. The zero-order valence-electron chi connectivity index (χ0n) is 23.9. The molecule has 0 heterocycles. The minimum absolute atomic E-state index is 0.00533. The highest BCUT2D eigenvalue weighted by Crippen LogP contribution is 2.21. The Kier molecular flexibility index (Phi) is 11.5. The summed E-state index contributed by atoms with van der Waals surface area (Å²) in [5.74, 6) is 2.00. The molecule has 218 valence electrons. The van der Waals surface area contributed by atoms with E-state index in [0.29, 0.717) is 53.8 Å². The smallest absolute Gasteiger partial charge is 0.122 e. The molecule has 4 rings (SSSR count). The molecule has 4 aromatic rings. The van der Waals surface area contributed by atoms with Crippen LogP contribution in [-0.2, 0) is 19.8 Å². The molecule has 42 heavy (non-hydrogen) atoms. The van der Waals surface area contributed by atoms with Gasteiger partial charge in [-0.05, 0) is 108 Å². The van der Waals surface area contributed by atoms with Crippen LogP contribution in [0.4, 0.5) is 0 Å². The van der Waals surface area contributed by atoms with E-state index >= 15 is 0 Å². The molecule has 0 atom stereocenters. The fourth-order valence-electron chi connectivity index (χ4n) is 3.78. The summed E-state index contributed by atoms with van der Waals surface area (Å²) in [7, 11) is 0. The van der Waals surface area contributed by atoms with Crippen LogP contribution in [0.25, 0.3) is 0 Å². The van der Waals surface area contributed by atoms with Gasteiger partial charge in [0, 0.05) is 16.7 Å². The fraction of sp³-hybridized carbons (Fsp3) is 0.182. The van der Waals surface area contributed by atoms with E-state index < -0.39 is 0 Å². The Morgan fingerprint density at radius 3 is 0.881 bits per heavy atom. The zero-order valence-corrected chi connectivity index (χ0v) is 23.9. The molecule has 0 unspecified atom stereocenters. The summed E-state index contributed by atoms with van der Waals surface area (Å²) >= 11 is 0. The SMILES string of the molecule is CCC.N=C(N)c1ccc(OCc2cc(COc3ccc(C(=N)N)cc3)cc(COc3ccc(C(=N)N)cc3)c2)cc1. The molecule has 9 nitrogen and oxygen atoms in total. The first-order valence-corrected chi connectivity index (χ1v) is 13.5. The van der Waals surface area contributed by atoms with E-state index in [1.165, 1.54) is 6.42 Å². The van der Waals surface area contributed by atoms with E-state index in [1.54, 1.807) is 72.8 Å². The van der Waals surface area contributed by atoms with E-state index in [-0.39, 0.29) is 17.5 Å². The highest BCUT2D eigenvalue weighted by atomic mass is 16.5. The molecule has 0 fully saturated rings. The molecule has 0 aliphatic heterocycles. The second-order valence-electron chi connectivity index (χ2n) is 9.55. The molecule has 0 aromatic heterocycles. The average Bonchev–Trinajstić information content (AvgIpc) is 2.99. The Balaban J connectivity index is 0.00000155. The average molecular weight is 567 g/mol. The van der Waals surface area contributed by atoms with Crippen molar-refractivity contribution in [1.82, 2.24) is 0 Å². The van der Waals surface area contributed by atoms with Crippen LogP contribution in [0.3, 0.4) is 0 Å². The molecule has 4 aromatic carbocycles. The van der Waals surface area contributed by atoms with Crippen molar-refractivity contribution in [3.05, 3.63) is 124 Å². The molecular formula is C33H38N6O3. The summed E-state index contributed by atoms with van der Waals surface area (Å²) in [6.07, 6.45) is 1.25. The maximum absolute atomic E-state index is 7.53. The first-order chi connectivity index (χ1) is 20.2. The minimum atomic E-state index is 0.00533. The van der Waals surface area contributed by atoms with E-state index in [9.17, 15) is 0 Å². The minimum Gasteiger partial charge on any atom is -0.489 e. The second-order valence-corrected chi connectivity index (χ2v) is 9.55. The zero-order chi connectivity index (χ0) is 30.5. The number of nitrogen functional groups attached to an aromatic ring is 3. The van der Waals surface area contributed by atoms with Crippen molar-refractivity contribution in [2.24, 2.45) is 17.2 Å². The summed E-state index contributed by atoms with van der Waals surface area (Å²) in [4.78, 5) is 0. The van der Waals surface area contributed by atoms with Gasteiger partial charge in [0.05, 0.1) is 0 Å². The third kappa shape index (κ3) is 9.71. The highest BCUT2D eigenvalue weighted by molar-refractivity contribution is 5.95. The van der Waals surface area contributed by atoms with Gasteiger partial charge in [-0.15, -0.1) is 0 Å². The number of hydrogen-bond acceptors (Lipinski definition) is 6. The van der Waals surface area contributed by atoms with Gasteiger partial charge in [0.15, 0.2) is 0 Å². The molecule has 0 bridgehead atoms. The quantitative estimate of drug-likeness (QED) is 0.0947. The Morgan fingerprint density at radius 2 is 0.690 bits per heavy atom. The maximum Gasteiger partial charge on any atom is 0.122 e. The highest BCUT2D eigenvalue weighted by Gasteiger charge is 2.07. The van der Waals surface area contributed by atoms with E-state index in [4.69, 9.17) is 47.6 Å². The van der Waals surface area contributed by atoms with Crippen LogP contribution in [0.1, 0.15) is 53.6 Å². The van der Waals surface area contributed by atoms with Crippen LogP contribution < -0.4 is 31.4 Å². The van der Waals surface area contributed by atoms with E-state index in [1.807, 2.05) is 18.2 Å². The lowest BCUT2D eigenvalue weighted by atomic mass is 10.1. The number of ether oxygens (including phenoxy) is 3. The van der Waals surface area contributed by atoms with Gasteiger partial charge >= 0.3 is 0 Å². The van der Waals surface area contributed by atoms with Gasteiger partial charge in [0.1, 0.15) is 54.6 Å². The third-order valence-corrected chi connectivity index (χ3v) is 5.82. The van der Waals surface area contributed by atoms with Gasteiger partial charge in [-0.1, -0.05) is 20.3 Å². The van der Waals surface area contributed by atoms with Crippen molar-refractivity contribution < 1.29 is 14.2 Å². The number of benzene rings is 4. The van der Waals surface area contributed by atoms with Crippen molar-refractivity contribution in [2.75, 3.05) is 0 Å². The van der Waals surface area contributed by atoms with Crippen molar-refractivity contribution in [3.63, 3.8) is 0 Å². The molecule has 0 spiro atoms. The number of rotatable bonds is 12. The van der Waals surface area contributed by atoms with Crippen molar-refractivity contribution in [3.8, 4) is 17.2 Å². The predicted octanol–water partition coefficient (Wildman–Crippen LogP) is 5.69. The summed E-state index contributed by atoms with van der Waals surface area (Å²) < 4.78 is 17.9. The number of nitrogens with two attached hydrogens (primary N) is 3. The van der Waals surface area contributed by atoms with E-state index in [0.717, 1.165) is 16.7 Å². The Hall–Kier alpha value is -5.31. The Labute approximate surface area is 246 Å². The predicted molar refractivity (Wildman–Crippen MR) is 168 cm³/mol. The summed E-state index contributed by atoms with van der Waals surface area (Å²) in [5.41, 5.74) is 21.3. The number of amidine groups is 3. The third-order valence-electron chi connectivity index (χ3n) is 5.82. The number of nitrogens with one attached hydrogen (secondary N) is 3. The van der Waals surface area contributed by atoms with Crippen molar-refractivity contribution >= 4 is 17.5 Å². The van der Waals surface area contributed by atoms with Gasteiger partial charge in [0.25, 0.3) is 0 Å². The Bertz CT molecular complexity index is 1290. The molecular weight excluding hydrogens is 528 g/mol. The first kappa shape index (κ1) is 31.2. The molecule has 0 aliphatic carbocycles. The molecule has 0 saturated carbocycles. The molecule has 0 aliphatic rings. The van der Waals surface area contributed by atoms with Gasteiger partial charge in [-0.25, -0.2) is 0 Å². The van der Waals surface area contributed by atoms with Crippen molar-refractivity contribution in [1.29, 1.82) is 16.2 Å². The van der Waals surface area contributed by atoms with Gasteiger partial charge in [-0.3, -0.25) is 16.2 Å². The standard InChI is InChI=1S/C30H30N6O3.C3H8/c31-28(32)22-1-7-25(8-2-22)37-16-19-13-20(17-38-26-9-3-23(4-10-26)29(33)34)15-21(14-19)18-39-27-11-5-24(6-12-27)30(35)36;1-3-2/h1-15H,16-18H2,(H3,31,32)(H3,33,34)(H3,35,36);3H2,1-2H3. The maximum atomic E-state index is 7.53. The second kappa shape index (κ2) is 15.5. The molecule has 9 heteroatoms. The van der Waals surface area contributed by atoms with Gasteiger partial charge in [0.2, 0.25) is 0 Å². The van der Waals surface area contributed by atoms with Crippen LogP contribution >= 0.6 is 0 Å². The lowest BCUT2D eigenvalue weighted by molar-refractivity contribution is 0.293. The molecule has 9 N–H and O–H groups in total. The molecule has 0 radical (unpaired) electrons. The normalized spacial score (nSPS) is 10.1. The van der Waals surface area contributed by atoms with Crippen LogP contribution in [0.2, 0.25) is 0 Å². The van der Waals surface area contributed by atoms with Crippen LogP contribution in [0.15, 0.2) is 91.0 Å². The summed E-state index contributed by atoms with van der Waals surface area (Å²) in [6, 6.07) is 27.2. The van der Waals surface area contributed by atoms with Gasteiger partial charge in [-0.2, -0.15) is 0 Å². The number of hydrogen-bond donors (Lipinski definition) is 6. The topological polar surface area (TPSA) is 177 Å².